The largest absolute Gasteiger partial charge is 0.486 e. The van der Waals surface area contributed by atoms with Crippen molar-refractivity contribution < 1.29 is 9.53 Å². The molecule has 4 aromatic rings. The molecule has 0 radical (unpaired) electrons. The van der Waals surface area contributed by atoms with Gasteiger partial charge in [-0.2, -0.15) is 0 Å². The van der Waals surface area contributed by atoms with Crippen molar-refractivity contribution in [3.05, 3.63) is 105 Å². The molecule has 0 fully saturated rings. The number of aromatic nitrogens is 2. The molecule has 2 aromatic carbocycles. The van der Waals surface area contributed by atoms with Crippen LogP contribution in [0.5, 0.6) is 5.75 Å². The number of aryl methyl sites for hydroxylation is 1. The van der Waals surface area contributed by atoms with Gasteiger partial charge in [0.1, 0.15) is 27.9 Å². The number of ether oxygens (including phenoxy) is 1. The Hall–Kier alpha value is -3.66. The molecule has 5 nitrogen and oxygen atoms in total. The smallest absolute Gasteiger partial charge is 0.267 e. The Kier molecular flexibility index (Phi) is 6.81. The van der Waals surface area contributed by atoms with Crippen molar-refractivity contribution in [1.29, 1.82) is 0 Å². The highest BCUT2D eigenvalue weighted by Crippen LogP contribution is 2.23. The lowest BCUT2D eigenvalue weighted by molar-refractivity contribution is 0.103. The fourth-order valence-corrected chi connectivity index (χ4v) is 3.84. The molecule has 0 aliphatic rings. The number of thiazole rings is 1. The lowest BCUT2D eigenvalue weighted by Gasteiger charge is -2.04. The maximum atomic E-state index is 12.8. The molecule has 0 unspecified atom stereocenters. The van der Waals surface area contributed by atoms with E-state index in [9.17, 15) is 4.79 Å². The number of hydrogen-bond donors (Lipinski definition) is 1. The van der Waals surface area contributed by atoms with Crippen LogP contribution in [0.2, 0.25) is 5.02 Å². The number of nitrogens with zero attached hydrogens (tertiary/aromatic N) is 2. The summed E-state index contributed by atoms with van der Waals surface area (Å²) in [5.74, 6) is 6.56. The van der Waals surface area contributed by atoms with Crippen molar-refractivity contribution >= 4 is 34.5 Å². The molecule has 0 aliphatic heterocycles. The first-order valence-corrected chi connectivity index (χ1v) is 11.0. The van der Waals surface area contributed by atoms with E-state index >= 15 is 0 Å². The fourth-order valence-electron chi connectivity index (χ4n) is 2.84. The van der Waals surface area contributed by atoms with Gasteiger partial charge in [-0.3, -0.25) is 4.79 Å². The van der Waals surface area contributed by atoms with Crippen LogP contribution in [-0.2, 0) is 6.61 Å². The van der Waals surface area contributed by atoms with Crippen LogP contribution >= 0.6 is 22.9 Å². The summed E-state index contributed by atoms with van der Waals surface area (Å²) in [4.78, 5) is 22.0. The van der Waals surface area contributed by atoms with Gasteiger partial charge < -0.3 is 10.1 Å². The van der Waals surface area contributed by atoms with Crippen LogP contribution in [0.15, 0.2) is 72.9 Å². The Morgan fingerprint density at radius 3 is 2.72 bits per heavy atom. The molecule has 0 bridgehead atoms. The zero-order chi connectivity index (χ0) is 22.3. The second-order valence-corrected chi connectivity index (χ2v) is 8.28. The minimum atomic E-state index is -0.215. The molecule has 0 atom stereocenters. The lowest BCUT2D eigenvalue weighted by Crippen LogP contribution is -2.11. The topological polar surface area (TPSA) is 64.1 Å². The van der Waals surface area contributed by atoms with Gasteiger partial charge in [-0.15, -0.1) is 11.3 Å². The number of pyridine rings is 1. The Balaban J connectivity index is 1.42. The summed E-state index contributed by atoms with van der Waals surface area (Å²) in [6, 6.07) is 20.1. The van der Waals surface area contributed by atoms with Crippen LogP contribution in [0.25, 0.3) is 0 Å². The molecule has 0 saturated heterocycles. The van der Waals surface area contributed by atoms with E-state index in [2.05, 4.69) is 27.1 Å². The predicted octanol–water partition coefficient (Wildman–Crippen LogP) is 5.73. The standard InChI is InChI=1S/C25H18ClN3O2S/c1-17-24(32-23(28-17)16-31-22-12-9-19(26)10-13-22)25(30)29-21-7-4-5-18(15-21)8-11-20-6-2-3-14-27-20/h2-7,9-10,12-15H,16H2,1H3,(H,29,30). The number of rotatable bonds is 5. The average molecular weight is 460 g/mol. The summed E-state index contributed by atoms with van der Waals surface area (Å²) in [5, 5.41) is 4.29. The number of anilines is 1. The number of carbonyl (C=O) groups excluding carboxylic acids is 1. The van der Waals surface area contributed by atoms with Crippen molar-refractivity contribution in [2.24, 2.45) is 0 Å². The number of hydrogen-bond acceptors (Lipinski definition) is 5. The molecule has 0 saturated carbocycles. The summed E-state index contributed by atoms with van der Waals surface area (Å²) in [6.07, 6.45) is 1.70. The molecule has 0 aliphatic carbocycles. The summed E-state index contributed by atoms with van der Waals surface area (Å²) in [5.41, 5.74) is 2.80. The molecule has 2 aromatic heterocycles. The van der Waals surface area contributed by atoms with E-state index in [0.717, 1.165) is 10.6 Å². The molecule has 32 heavy (non-hydrogen) atoms. The monoisotopic (exact) mass is 459 g/mol. The molecule has 0 spiro atoms. The third kappa shape index (κ3) is 5.73. The Bertz CT molecular complexity index is 1290. The van der Waals surface area contributed by atoms with Crippen LogP contribution in [0, 0.1) is 18.8 Å². The van der Waals surface area contributed by atoms with Gasteiger partial charge in [0.15, 0.2) is 0 Å². The van der Waals surface area contributed by atoms with E-state index in [1.54, 1.807) is 30.5 Å². The Morgan fingerprint density at radius 1 is 1.09 bits per heavy atom. The zero-order valence-electron chi connectivity index (χ0n) is 17.1. The highest BCUT2D eigenvalue weighted by molar-refractivity contribution is 7.13. The van der Waals surface area contributed by atoms with E-state index in [0.29, 0.717) is 32.7 Å². The van der Waals surface area contributed by atoms with Crippen LogP contribution in [-0.4, -0.2) is 15.9 Å². The van der Waals surface area contributed by atoms with Crippen molar-refractivity contribution in [3.8, 4) is 17.6 Å². The summed E-state index contributed by atoms with van der Waals surface area (Å²) in [7, 11) is 0. The number of nitrogens with one attached hydrogen (secondary N) is 1. The minimum absolute atomic E-state index is 0.215. The van der Waals surface area contributed by atoms with Crippen LogP contribution in [0.3, 0.4) is 0 Å². The van der Waals surface area contributed by atoms with E-state index in [4.69, 9.17) is 16.3 Å². The van der Waals surface area contributed by atoms with E-state index < -0.39 is 0 Å². The zero-order valence-corrected chi connectivity index (χ0v) is 18.7. The molecule has 7 heteroatoms. The molecule has 4 rings (SSSR count). The van der Waals surface area contributed by atoms with Gasteiger partial charge in [-0.25, -0.2) is 9.97 Å². The summed E-state index contributed by atoms with van der Waals surface area (Å²) in [6.45, 7) is 2.09. The van der Waals surface area contributed by atoms with E-state index in [-0.39, 0.29) is 12.5 Å². The average Bonchev–Trinajstić information content (AvgIpc) is 3.19. The molecule has 158 valence electrons. The fraction of sp³-hybridized carbons (Fsp3) is 0.0800. The molecular formula is C25H18ClN3O2S. The van der Waals surface area contributed by atoms with Gasteiger partial charge in [0.2, 0.25) is 0 Å². The molecule has 1 N–H and O–H groups in total. The van der Waals surface area contributed by atoms with Gasteiger partial charge in [-0.05, 0) is 67.4 Å². The molecule has 1 amide bonds. The maximum absolute atomic E-state index is 12.8. The van der Waals surface area contributed by atoms with Gasteiger partial charge >= 0.3 is 0 Å². The third-order valence-corrected chi connectivity index (χ3v) is 5.72. The summed E-state index contributed by atoms with van der Waals surface area (Å²) < 4.78 is 5.73. The van der Waals surface area contributed by atoms with E-state index in [1.807, 2.05) is 49.4 Å². The SMILES string of the molecule is Cc1nc(COc2ccc(Cl)cc2)sc1C(=O)Nc1cccc(C#Cc2ccccn2)c1. The lowest BCUT2D eigenvalue weighted by atomic mass is 10.2. The van der Waals surface area contributed by atoms with Gasteiger partial charge in [0.25, 0.3) is 5.91 Å². The molecular weight excluding hydrogens is 442 g/mol. The Labute approximate surface area is 195 Å². The quantitative estimate of drug-likeness (QED) is 0.387. The minimum Gasteiger partial charge on any atom is -0.486 e. The summed E-state index contributed by atoms with van der Waals surface area (Å²) >= 11 is 7.20. The second kappa shape index (κ2) is 10.1. The highest BCUT2D eigenvalue weighted by Gasteiger charge is 2.16. The number of halogens is 1. The first kappa shape index (κ1) is 21.6. The molecule has 2 heterocycles. The predicted molar refractivity (Wildman–Crippen MR) is 127 cm³/mol. The van der Waals surface area contributed by atoms with Gasteiger partial charge in [0, 0.05) is 22.5 Å². The van der Waals surface area contributed by atoms with Gasteiger partial charge in [-0.1, -0.05) is 29.7 Å². The maximum Gasteiger partial charge on any atom is 0.267 e. The van der Waals surface area contributed by atoms with Crippen LogP contribution in [0.1, 0.15) is 31.6 Å². The normalized spacial score (nSPS) is 10.2. The number of benzene rings is 2. The second-order valence-electron chi connectivity index (χ2n) is 6.76. The van der Waals surface area contributed by atoms with Crippen molar-refractivity contribution in [1.82, 2.24) is 9.97 Å². The Morgan fingerprint density at radius 2 is 1.94 bits per heavy atom. The van der Waals surface area contributed by atoms with Crippen LogP contribution in [0.4, 0.5) is 5.69 Å². The van der Waals surface area contributed by atoms with Crippen molar-refractivity contribution in [2.75, 3.05) is 5.32 Å². The van der Waals surface area contributed by atoms with Crippen LogP contribution < -0.4 is 10.1 Å². The van der Waals surface area contributed by atoms with E-state index in [1.165, 1.54) is 11.3 Å². The first-order valence-electron chi connectivity index (χ1n) is 9.76. The number of carbonyl (C=O) groups is 1. The first-order chi connectivity index (χ1) is 15.6. The van der Waals surface area contributed by atoms with Crippen molar-refractivity contribution in [3.63, 3.8) is 0 Å². The highest BCUT2D eigenvalue weighted by atomic mass is 35.5. The van der Waals surface area contributed by atoms with Gasteiger partial charge in [0.05, 0.1) is 5.69 Å². The number of amides is 1. The van der Waals surface area contributed by atoms with Crippen molar-refractivity contribution in [2.45, 2.75) is 13.5 Å². The third-order valence-electron chi connectivity index (χ3n) is 4.34.